The van der Waals surface area contributed by atoms with Gasteiger partial charge in [0, 0.05) is 19.3 Å². The lowest BCUT2D eigenvalue weighted by Crippen LogP contribution is -2.31. The van der Waals surface area contributed by atoms with Crippen LogP contribution in [0.2, 0.25) is 0 Å². The predicted molar refractivity (Wildman–Crippen MR) is 71.5 cm³/mol. The summed E-state index contributed by atoms with van der Waals surface area (Å²) in [6.07, 6.45) is 3.52. The Labute approximate surface area is 120 Å². The van der Waals surface area contributed by atoms with E-state index in [1.54, 1.807) is 11.8 Å². The second-order valence-electron chi connectivity index (χ2n) is 4.99. The summed E-state index contributed by atoms with van der Waals surface area (Å²) in [4.78, 5) is 33.8. The SMILES string of the molecule is COC(=O)C1CCN(C(=O)c2cnc3ncnn3c2C)C1. The highest BCUT2D eigenvalue weighted by atomic mass is 16.5. The van der Waals surface area contributed by atoms with Crippen LogP contribution < -0.4 is 0 Å². The molecule has 3 rings (SSSR count). The number of rotatable bonds is 2. The van der Waals surface area contributed by atoms with Crippen LogP contribution in [0.15, 0.2) is 12.5 Å². The molecule has 0 saturated carbocycles. The van der Waals surface area contributed by atoms with E-state index in [2.05, 4.69) is 15.1 Å². The van der Waals surface area contributed by atoms with Crippen LogP contribution in [0.4, 0.5) is 0 Å². The minimum Gasteiger partial charge on any atom is -0.469 e. The molecule has 0 spiro atoms. The summed E-state index contributed by atoms with van der Waals surface area (Å²) in [7, 11) is 1.36. The van der Waals surface area contributed by atoms with Crippen molar-refractivity contribution in [3.63, 3.8) is 0 Å². The summed E-state index contributed by atoms with van der Waals surface area (Å²) in [6.45, 7) is 2.71. The molecule has 0 radical (unpaired) electrons. The van der Waals surface area contributed by atoms with Crippen LogP contribution in [0.3, 0.4) is 0 Å². The highest BCUT2D eigenvalue weighted by Gasteiger charge is 2.33. The quantitative estimate of drug-likeness (QED) is 0.727. The monoisotopic (exact) mass is 289 g/mol. The average Bonchev–Trinajstić information content (AvgIpc) is 3.15. The summed E-state index contributed by atoms with van der Waals surface area (Å²) in [5, 5.41) is 4.04. The van der Waals surface area contributed by atoms with Gasteiger partial charge in [-0.15, -0.1) is 0 Å². The summed E-state index contributed by atoms with van der Waals surface area (Å²) < 4.78 is 6.26. The summed E-state index contributed by atoms with van der Waals surface area (Å²) in [5.74, 6) is -0.212. The van der Waals surface area contributed by atoms with Crippen molar-refractivity contribution < 1.29 is 14.3 Å². The number of nitrogens with zero attached hydrogens (tertiary/aromatic N) is 5. The van der Waals surface area contributed by atoms with Gasteiger partial charge in [-0.05, 0) is 13.3 Å². The maximum absolute atomic E-state index is 12.6. The molecule has 8 nitrogen and oxygen atoms in total. The second kappa shape index (κ2) is 5.12. The fraction of sp³-hybridized carbons (Fsp3) is 0.462. The lowest BCUT2D eigenvalue weighted by atomic mass is 10.1. The number of fused-ring (bicyclic) bond motifs is 1. The molecule has 110 valence electrons. The maximum Gasteiger partial charge on any atom is 0.310 e. The van der Waals surface area contributed by atoms with Crippen molar-refractivity contribution in [2.24, 2.45) is 5.92 Å². The van der Waals surface area contributed by atoms with E-state index in [1.165, 1.54) is 24.1 Å². The van der Waals surface area contributed by atoms with Gasteiger partial charge < -0.3 is 9.64 Å². The zero-order valence-electron chi connectivity index (χ0n) is 11.8. The third-order valence-corrected chi connectivity index (χ3v) is 3.79. The van der Waals surface area contributed by atoms with Gasteiger partial charge in [-0.3, -0.25) is 9.59 Å². The third kappa shape index (κ3) is 2.22. The fourth-order valence-corrected chi connectivity index (χ4v) is 2.57. The Kier molecular flexibility index (Phi) is 3.28. The predicted octanol–water partition coefficient (Wildman–Crippen LogP) is 0.0678. The molecule has 21 heavy (non-hydrogen) atoms. The number of aryl methyl sites for hydroxylation is 1. The largest absolute Gasteiger partial charge is 0.469 e. The van der Waals surface area contributed by atoms with Crippen LogP contribution in [0.5, 0.6) is 0 Å². The third-order valence-electron chi connectivity index (χ3n) is 3.79. The minimum atomic E-state index is -0.271. The Hall–Kier alpha value is -2.51. The molecule has 1 atom stereocenters. The molecule has 1 aliphatic heterocycles. The van der Waals surface area contributed by atoms with Gasteiger partial charge in [0.05, 0.1) is 24.3 Å². The van der Waals surface area contributed by atoms with Gasteiger partial charge in [0.15, 0.2) is 0 Å². The minimum absolute atomic E-state index is 0.149. The Morgan fingerprint density at radius 2 is 2.19 bits per heavy atom. The van der Waals surface area contributed by atoms with Crippen LogP contribution in [-0.4, -0.2) is 56.6 Å². The molecular weight excluding hydrogens is 274 g/mol. The van der Waals surface area contributed by atoms with E-state index in [0.29, 0.717) is 36.5 Å². The molecule has 1 unspecified atom stereocenters. The number of carbonyl (C=O) groups excluding carboxylic acids is 2. The first-order valence-electron chi connectivity index (χ1n) is 6.64. The van der Waals surface area contributed by atoms with E-state index >= 15 is 0 Å². The smallest absolute Gasteiger partial charge is 0.310 e. The van der Waals surface area contributed by atoms with Gasteiger partial charge in [0.2, 0.25) is 0 Å². The van der Waals surface area contributed by atoms with Crippen molar-refractivity contribution in [1.82, 2.24) is 24.5 Å². The number of carbonyl (C=O) groups is 2. The number of ether oxygens (including phenoxy) is 1. The molecule has 0 N–H and O–H groups in total. The van der Waals surface area contributed by atoms with Gasteiger partial charge in [0.1, 0.15) is 6.33 Å². The van der Waals surface area contributed by atoms with E-state index in [-0.39, 0.29) is 17.8 Å². The van der Waals surface area contributed by atoms with Crippen molar-refractivity contribution in [2.75, 3.05) is 20.2 Å². The van der Waals surface area contributed by atoms with E-state index in [4.69, 9.17) is 4.74 Å². The van der Waals surface area contributed by atoms with Crippen molar-refractivity contribution in [3.8, 4) is 0 Å². The van der Waals surface area contributed by atoms with Crippen molar-refractivity contribution >= 4 is 17.7 Å². The van der Waals surface area contributed by atoms with E-state index < -0.39 is 0 Å². The molecule has 8 heteroatoms. The second-order valence-corrected chi connectivity index (χ2v) is 4.99. The zero-order chi connectivity index (χ0) is 15.0. The molecule has 1 amide bonds. The van der Waals surface area contributed by atoms with E-state index in [0.717, 1.165) is 0 Å². The number of likely N-dealkylation sites (tertiary alicyclic amines) is 1. The highest BCUT2D eigenvalue weighted by Crippen LogP contribution is 2.20. The molecule has 1 aliphatic rings. The summed E-state index contributed by atoms with van der Waals surface area (Å²) >= 11 is 0. The average molecular weight is 289 g/mol. The number of amides is 1. The number of aromatic nitrogens is 4. The Bertz CT molecular complexity index is 711. The zero-order valence-corrected chi connectivity index (χ0v) is 11.8. The van der Waals surface area contributed by atoms with E-state index in [1.807, 2.05) is 0 Å². The molecule has 0 aromatic carbocycles. The van der Waals surface area contributed by atoms with Crippen LogP contribution in [0.25, 0.3) is 5.78 Å². The van der Waals surface area contributed by atoms with Crippen molar-refractivity contribution in [3.05, 3.63) is 23.8 Å². The number of hydrogen-bond donors (Lipinski definition) is 0. The molecule has 1 saturated heterocycles. The van der Waals surface area contributed by atoms with Crippen LogP contribution in [0, 0.1) is 12.8 Å². The lowest BCUT2D eigenvalue weighted by molar-refractivity contribution is -0.144. The van der Waals surface area contributed by atoms with Gasteiger partial charge in [-0.2, -0.15) is 10.1 Å². The summed E-state index contributed by atoms with van der Waals surface area (Å²) in [6, 6.07) is 0. The van der Waals surface area contributed by atoms with Crippen molar-refractivity contribution in [1.29, 1.82) is 0 Å². The number of methoxy groups -OCH3 is 1. The fourth-order valence-electron chi connectivity index (χ4n) is 2.57. The molecule has 0 bridgehead atoms. The van der Waals surface area contributed by atoms with E-state index in [9.17, 15) is 9.59 Å². The number of hydrogen-bond acceptors (Lipinski definition) is 6. The maximum atomic E-state index is 12.6. The van der Waals surface area contributed by atoms with Gasteiger partial charge in [-0.25, -0.2) is 9.50 Å². The molecule has 2 aromatic heterocycles. The number of esters is 1. The Morgan fingerprint density at radius 1 is 1.38 bits per heavy atom. The molecule has 3 heterocycles. The molecule has 0 aliphatic carbocycles. The van der Waals surface area contributed by atoms with Crippen LogP contribution >= 0.6 is 0 Å². The summed E-state index contributed by atoms with van der Waals surface area (Å²) in [5.41, 5.74) is 1.16. The van der Waals surface area contributed by atoms with Crippen molar-refractivity contribution in [2.45, 2.75) is 13.3 Å². The van der Waals surface area contributed by atoms with Crippen LogP contribution in [-0.2, 0) is 9.53 Å². The highest BCUT2D eigenvalue weighted by molar-refractivity contribution is 5.95. The molecular formula is C13H15N5O3. The van der Waals surface area contributed by atoms with Gasteiger partial charge >= 0.3 is 5.97 Å². The van der Waals surface area contributed by atoms with Crippen LogP contribution in [0.1, 0.15) is 22.5 Å². The van der Waals surface area contributed by atoms with Gasteiger partial charge in [0.25, 0.3) is 11.7 Å². The Morgan fingerprint density at radius 3 is 2.95 bits per heavy atom. The first-order chi connectivity index (χ1) is 10.1. The molecule has 2 aromatic rings. The normalized spacial score (nSPS) is 18.2. The first kappa shape index (κ1) is 13.5. The lowest BCUT2D eigenvalue weighted by Gasteiger charge is -2.17. The molecule has 1 fully saturated rings. The Balaban J connectivity index is 1.84. The first-order valence-corrected chi connectivity index (χ1v) is 6.64. The topological polar surface area (TPSA) is 89.7 Å². The van der Waals surface area contributed by atoms with Gasteiger partial charge in [-0.1, -0.05) is 0 Å². The standard InChI is InChI=1S/C13H15N5O3/c1-8-10(5-14-13-15-7-16-18(8)13)11(19)17-4-3-9(6-17)12(20)21-2/h5,7,9H,3-4,6H2,1-2H3.